The molecule has 1 heterocycles. The molecule has 0 aliphatic rings. The van der Waals surface area contributed by atoms with E-state index in [9.17, 15) is 5.11 Å². The molecule has 0 aliphatic carbocycles. The molecule has 0 atom stereocenters. The zero-order chi connectivity index (χ0) is 12.1. The van der Waals surface area contributed by atoms with Gasteiger partial charge in [-0.25, -0.2) is 0 Å². The van der Waals surface area contributed by atoms with Crippen LogP contribution in [0.5, 0.6) is 5.75 Å². The van der Waals surface area contributed by atoms with Gasteiger partial charge >= 0.3 is 0 Å². The number of furan rings is 1. The summed E-state index contributed by atoms with van der Waals surface area (Å²) in [4.78, 5) is 0. The fourth-order valence-electron chi connectivity index (χ4n) is 1.61. The van der Waals surface area contributed by atoms with Crippen molar-refractivity contribution in [3.8, 4) is 5.75 Å². The number of ether oxygens (including phenoxy) is 1. The van der Waals surface area contributed by atoms with Crippen LogP contribution in [0.25, 0.3) is 0 Å². The van der Waals surface area contributed by atoms with E-state index in [1.54, 1.807) is 13.4 Å². The van der Waals surface area contributed by atoms with Gasteiger partial charge in [-0.3, -0.25) is 0 Å². The first-order chi connectivity index (χ1) is 8.33. The van der Waals surface area contributed by atoms with Crippen LogP contribution in [0, 0.1) is 0 Å². The van der Waals surface area contributed by atoms with Crippen LogP contribution in [0.4, 0.5) is 5.69 Å². The molecule has 4 nitrogen and oxygen atoms in total. The summed E-state index contributed by atoms with van der Waals surface area (Å²) in [6.45, 7) is 0.573. The van der Waals surface area contributed by atoms with Crippen molar-refractivity contribution in [1.82, 2.24) is 0 Å². The van der Waals surface area contributed by atoms with Gasteiger partial charge in [-0.15, -0.1) is 0 Å². The van der Waals surface area contributed by atoms with Crippen LogP contribution in [0.1, 0.15) is 11.3 Å². The van der Waals surface area contributed by atoms with Gasteiger partial charge in [0.1, 0.15) is 11.5 Å². The predicted molar refractivity (Wildman–Crippen MR) is 65.0 cm³/mol. The van der Waals surface area contributed by atoms with Crippen molar-refractivity contribution in [1.29, 1.82) is 0 Å². The van der Waals surface area contributed by atoms with Crippen LogP contribution in [0.15, 0.2) is 41.0 Å². The second-order valence-electron chi connectivity index (χ2n) is 3.62. The van der Waals surface area contributed by atoms with E-state index >= 15 is 0 Å². The standard InChI is InChI=1S/C13H15NO3/c1-16-13-5-4-11(7-10(13)9-15)14-8-12-3-2-6-17-12/h2-7,14-15H,8-9H2,1H3. The zero-order valence-electron chi connectivity index (χ0n) is 9.64. The Labute approximate surface area is 99.8 Å². The third kappa shape index (κ3) is 2.79. The van der Waals surface area contributed by atoms with Crippen molar-refractivity contribution in [3.63, 3.8) is 0 Å². The number of rotatable bonds is 5. The summed E-state index contributed by atoms with van der Waals surface area (Å²) in [5.74, 6) is 1.56. The van der Waals surface area contributed by atoms with Gasteiger partial charge in [-0.2, -0.15) is 0 Å². The summed E-state index contributed by atoms with van der Waals surface area (Å²) >= 11 is 0. The van der Waals surface area contributed by atoms with E-state index in [1.807, 2.05) is 30.3 Å². The predicted octanol–water partition coefficient (Wildman–Crippen LogP) is 2.39. The molecular formula is C13H15NO3. The lowest BCUT2D eigenvalue weighted by Crippen LogP contribution is -2.00. The van der Waals surface area contributed by atoms with Gasteiger partial charge in [-0.05, 0) is 30.3 Å². The number of hydrogen-bond donors (Lipinski definition) is 2. The number of hydrogen-bond acceptors (Lipinski definition) is 4. The molecule has 0 unspecified atom stereocenters. The van der Waals surface area contributed by atoms with Gasteiger partial charge in [0.25, 0.3) is 0 Å². The summed E-state index contributed by atoms with van der Waals surface area (Å²) < 4.78 is 10.4. The van der Waals surface area contributed by atoms with E-state index in [1.165, 1.54) is 0 Å². The molecule has 0 saturated heterocycles. The quantitative estimate of drug-likeness (QED) is 0.832. The van der Waals surface area contributed by atoms with Gasteiger partial charge in [0, 0.05) is 11.3 Å². The van der Waals surface area contributed by atoms with E-state index < -0.39 is 0 Å². The van der Waals surface area contributed by atoms with E-state index in [0.717, 1.165) is 17.0 Å². The Balaban J connectivity index is 2.06. The molecule has 1 aromatic heterocycles. The molecule has 2 rings (SSSR count). The smallest absolute Gasteiger partial charge is 0.124 e. The second-order valence-corrected chi connectivity index (χ2v) is 3.62. The molecule has 0 amide bonds. The number of anilines is 1. The van der Waals surface area contributed by atoms with Gasteiger partial charge in [0.15, 0.2) is 0 Å². The number of methoxy groups -OCH3 is 1. The minimum Gasteiger partial charge on any atom is -0.496 e. The number of aliphatic hydroxyl groups is 1. The van der Waals surface area contributed by atoms with Gasteiger partial charge in [0.2, 0.25) is 0 Å². The maximum atomic E-state index is 9.20. The highest BCUT2D eigenvalue weighted by Crippen LogP contribution is 2.22. The maximum absolute atomic E-state index is 9.20. The summed E-state index contributed by atoms with van der Waals surface area (Å²) in [6.07, 6.45) is 1.64. The van der Waals surface area contributed by atoms with Gasteiger partial charge < -0.3 is 19.6 Å². The number of aliphatic hydroxyl groups excluding tert-OH is 1. The molecular weight excluding hydrogens is 218 g/mol. The lowest BCUT2D eigenvalue weighted by atomic mass is 10.2. The van der Waals surface area contributed by atoms with E-state index in [4.69, 9.17) is 9.15 Å². The molecule has 1 aromatic carbocycles. The molecule has 2 N–H and O–H groups in total. The fourth-order valence-corrected chi connectivity index (χ4v) is 1.61. The highest BCUT2D eigenvalue weighted by atomic mass is 16.5. The first kappa shape index (κ1) is 11.5. The zero-order valence-corrected chi connectivity index (χ0v) is 9.64. The molecule has 4 heteroatoms. The van der Waals surface area contributed by atoms with Crippen LogP contribution < -0.4 is 10.1 Å². The summed E-state index contributed by atoms with van der Waals surface area (Å²) in [5.41, 5.74) is 1.68. The summed E-state index contributed by atoms with van der Waals surface area (Å²) in [7, 11) is 1.59. The Morgan fingerprint density at radius 3 is 2.88 bits per heavy atom. The highest BCUT2D eigenvalue weighted by Gasteiger charge is 2.03. The SMILES string of the molecule is COc1ccc(NCc2ccco2)cc1CO. The van der Waals surface area contributed by atoms with Gasteiger partial charge in [-0.1, -0.05) is 0 Å². The van der Waals surface area contributed by atoms with Crippen molar-refractivity contribution < 1.29 is 14.3 Å². The van der Waals surface area contributed by atoms with E-state index in [-0.39, 0.29) is 6.61 Å². The first-order valence-corrected chi connectivity index (χ1v) is 5.37. The monoisotopic (exact) mass is 233 g/mol. The van der Waals surface area contributed by atoms with Crippen LogP contribution in [-0.4, -0.2) is 12.2 Å². The molecule has 0 aliphatic heterocycles. The van der Waals surface area contributed by atoms with Crippen molar-refractivity contribution in [2.45, 2.75) is 13.2 Å². The Hall–Kier alpha value is -1.94. The Bertz CT molecular complexity index is 466. The number of nitrogens with one attached hydrogen (secondary N) is 1. The summed E-state index contributed by atoms with van der Waals surface area (Å²) in [6, 6.07) is 9.35. The Morgan fingerprint density at radius 2 is 2.24 bits per heavy atom. The van der Waals surface area contributed by atoms with E-state index in [0.29, 0.717) is 12.3 Å². The summed E-state index contributed by atoms with van der Waals surface area (Å²) in [5, 5.41) is 12.4. The van der Waals surface area contributed by atoms with Gasteiger partial charge in [0.05, 0.1) is 26.5 Å². The lowest BCUT2D eigenvalue weighted by Gasteiger charge is -2.10. The minimum absolute atomic E-state index is 0.0422. The average molecular weight is 233 g/mol. The second kappa shape index (κ2) is 5.41. The van der Waals surface area contributed by atoms with Crippen LogP contribution >= 0.6 is 0 Å². The third-order valence-electron chi connectivity index (χ3n) is 2.50. The highest BCUT2D eigenvalue weighted by molar-refractivity contribution is 5.51. The van der Waals surface area contributed by atoms with Crippen molar-refractivity contribution in [3.05, 3.63) is 47.9 Å². The van der Waals surface area contributed by atoms with Crippen LogP contribution in [0.3, 0.4) is 0 Å². The third-order valence-corrected chi connectivity index (χ3v) is 2.50. The molecule has 0 radical (unpaired) electrons. The molecule has 17 heavy (non-hydrogen) atoms. The maximum Gasteiger partial charge on any atom is 0.124 e. The van der Waals surface area contributed by atoms with Crippen LogP contribution in [0.2, 0.25) is 0 Å². The largest absolute Gasteiger partial charge is 0.496 e. The Kier molecular flexibility index (Phi) is 3.67. The van der Waals surface area contributed by atoms with Crippen molar-refractivity contribution in [2.75, 3.05) is 12.4 Å². The minimum atomic E-state index is -0.0422. The first-order valence-electron chi connectivity index (χ1n) is 5.37. The van der Waals surface area contributed by atoms with E-state index in [2.05, 4.69) is 5.32 Å². The van der Waals surface area contributed by atoms with Crippen LogP contribution in [-0.2, 0) is 13.2 Å². The molecule has 90 valence electrons. The molecule has 0 spiro atoms. The molecule has 0 fully saturated rings. The Morgan fingerprint density at radius 1 is 1.35 bits per heavy atom. The average Bonchev–Trinajstić information content (AvgIpc) is 2.89. The topological polar surface area (TPSA) is 54.6 Å². The van der Waals surface area contributed by atoms with Crippen molar-refractivity contribution >= 4 is 5.69 Å². The molecule has 0 bridgehead atoms. The molecule has 2 aromatic rings. The fraction of sp³-hybridized carbons (Fsp3) is 0.231. The van der Waals surface area contributed by atoms with Crippen molar-refractivity contribution in [2.24, 2.45) is 0 Å². The lowest BCUT2D eigenvalue weighted by molar-refractivity contribution is 0.274. The normalized spacial score (nSPS) is 10.2. The number of benzene rings is 1. The molecule has 0 saturated carbocycles.